The van der Waals surface area contributed by atoms with Gasteiger partial charge in [-0.05, 0) is 38.5 Å². The van der Waals surface area contributed by atoms with Crippen LogP contribution in [0.5, 0.6) is 0 Å². The van der Waals surface area contributed by atoms with Gasteiger partial charge < -0.3 is 15.1 Å². The van der Waals surface area contributed by atoms with Gasteiger partial charge in [-0.25, -0.2) is 12.7 Å². The molecule has 3 heterocycles. The first-order valence-electron chi connectivity index (χ1n) is 11.2. The third kappa shape index (κ3) is 5.85. The van der Waals surface area contributed by atoms with E-state index in [2.05, 4.69) is 20.1 Å². The molecule has 172 valence electrons. The van der Waals surface area contributed by atoms with Crippen molar-refractivity contribution in [1.29, 1.82) is 0 Å². The van der Waals surface area contributed by atoms with Crippen LogP contribution in [0.1, 0.15) is 32.6 Å². The van der Waals surface area contributed by atoms with E-state index in [1.807, 2.05) is 11.8 Å². The number of likely N-dealkylation sites (tertiary alicyclic amines) is 1. The smallest absolute Gasteiger partial charge is 0.239 e. The molecule has 9 nitrogen and oxygen atoms in total. The molecule has 1 N–H and O–H groups in total. The standard InChI is InChI=1S/C20H38N6O3S/c1-17(19(27)24-8-4-5-9-24)23-12-14-25(15-13-23)20(21-2)22-16-18-6-10-26(11-7-18)30(3,28)29/h17-18H,4-16H2,1-3H3,(H,21,22). The van der Waals surface area contributed by atoms with Crippen LogP contribution in [0.15, 0.2) is 4.99 Å². The molecular weight excluding hydrogens is 404 g/mol. The molecule has 3 rings (SSSR count). The largest absolute Gasteiger partial charge is 0.356 e. The van der Waals surface area contributed by atoms with Crippen LogP contribution in [0, 0.1) is 5.92 Å². The van der Waals surface area contributed by atoms with Gasteiger partial charge in [0.2, 0.25) is 15.9 Å². The van der Waals surface area contributed by atoms with Crippen molar-refractivity contribution in [3.8, 4) is 0 Å². The summed E-state index contributed by atoms with van der Waals surface area (Å²) in [5.74, 6) is 1.63. The maximum Gasteiger partial charge on any atom is 0.239 e. The number of piperazine rings is 1. The molecule has 0 saturated carbocycles. The van der Waals surface area contributed by atoms with Gasteiger partial charge in [-0.2, -0.15) is 0 Å². The third-order valence-corrected chi connectivity index (χ3v) is 8.04. The fourth-order valence-corrected chi connectivity index (χ4v) is 5.57. The van der Waals surface area contributed by atoms with Crippen LogP contribution in [-0.2, 0) is 14.8 Å². The van der Waals surface area contributed by atoms with Crippen molar-refractivity contribution in [2.75, 3.05) is 72.2 Å². The first kappa shape index (κ1) is 23.3. The number of guanidine groups is 1. The average molecular weight is 443 g/mol. The molecule has 10 heteroatoms. The minimum atomic E-state index is -3.08. The van der Waals surface area contributed by atoms with Gasteiger partial charge in [-0.1, -0.05) is 0 Å². The van der Waals surface area contributed by atoms with Crippen molar-refractivity contribution in [3.63, 3.8) is 0 Å². The highest BCUT2D eigenvalue weighted by Gasteiger charge is 2.31. The van der Waals surface area contributed by atoms with Crippen LogP contribution in [0.4, 0.5) is 0 Å². The molecule has 0 aromatic heterocycles. The number of rotatable bonds is 5. The van der Waals surface area contributed by atoms with Gasteiger partial charge in [0, 0.05) is 66.0 Å². The lowest BCUT2D eigenvalue weighted by molar-refractivity contribution is -0.135. The molecule has 1 amide bonds. The number of sulfonamides is 1. The highest BCUT2D eigenvalue weighted by atomic mass is 32.2. The Bertz CT molecular complexity index is 706. The molecular formula is C20H38N6O3S. The number of piperidine rings is 1. The fraction of sp³-hybridized carbons (Fsp3) is 0.900. The first-order chi connectivity index (χ1) is 14.3. The van der Waals surface area contributed by atoms with E-state index in [1.165, 1.54) is 6.26 Å². The van der Waals surface area contributed by atoms with E-state index in [0.717, 1.165) is 77.5 Å². The van der Waals surface area contributed by atoms with Gasteiger partial charge in [-0.3, -0.25) is 14.7 Å². The quantitative estimate of drug-likeness (QED) is 0.471. The Kier molecular flexibility index (Phi) is 7.98. The zero-order valence-electron chi connectivity index (χ0n) is 18.7. The molecule has 0 bridgehead atoms. The molecule has 1 unspecified atom stereocenters. The molecule has 0 aromatic carbocycles. The van der Waals surface area contributed by atoms with Gasteiger partial charge in [0.05, 0.1) is 12.3 Å². The van der Waals surface area contributed by atoms with Crippen molar-refractivity contribution in [2.24, 2.45) is 10.9 Å². The summed E-state index contributed by atoms with van der Waals surface area (Å²) < 4.78 is 24.9. The van der Waals surface area contributed by atoms with Crippen molar-refractivity contribution >= 4 is 21.9 Å². The molecule has 0 spiro atoms. The highest BCUT2D eigenvalue weighted by molar-refractivity contribution is 7.88. The summed E-state index contributed by atoms with van der Waals surface area (Å²) in [6, 6.07) is -0.0553. The maximum atomic E-state index is 12.7. The van der Waals surface area contributed by atoms with Crippen LogP contribution < -0.4 is 5.32 Å². The lowest BCUT2D eigenvalue weighted by Crippen LogP contribution is -2.57. The van der Waals surface area contributed by atoms with E-state index >= 15 is 0 Å². The summed E-state index contributed by atoms with van der Waals surface area (Å²) in [4.78, 5) is 23.7. The topological polar surface area (TPSA) is 88.6 Å². The summed E-state index contributed by atoms with van der Waals surface area (Å²) in [5, 5.41) is 3.49. The molecule has 3 fully saturated rings. The number of hydrogen-bond donors (Lipinski definition) is 1. The van der Waals surface area contributed by atoms with Crippen molar-refractivity contribution in [3.05, 3.63) is 0 Å². The van der Waals surface area contributed by atoms with Crippen molar-refractivity contribution in [2.45, 2.75) is 38.6 Å². The molecule has 3 saturated heterocycles. The van der Waals surface area contributed by atoms with Gasteiger partial charge in [-0.15, -0.1) is 0 Å². The second kappa shape index (κ2) is 10.3. The maximum absolute atomic E-state index is 12.7. The monoisotopic (exact) mass is 442 g/mol. The number of aliphatic imine (C=N–C) groups is 1. The van der Waals surface area contributed by atoms with Crippen LogP contribution in [0.3, 0.4) is 0 Å². The average Bonchev–Trinajstić information content (AvgIpc) is 3.28. The highest BCUT2D eigenvalue weighted by Crippen LogP contribution is 2.19. The van der Waals surface area contributed by atoms with E-state index in [4.69, 9.17) is 0 Å². The van der Waals surface area contributed by atoms with E-state index in [0.29, 0.717) is 19.0 Å². The number of carbonyl (C=O) groups is 1. The zero-order valence-corrected chi connectivity index (χ0v) is 19.5. The van der Waals surface area contributed by atoms with Crippen molar-refractivity contribution < 1.29 is 13.2 Å². The van der Waals surface area contributed by atoms with Gasteiger partial charge in [0.25, 0.3) is 0 Å². The van der Waals surface area contributed by atoms with E-state index in [9.17, 15) is 13.2 Å². The fourth-order valence-electron chi connectivity index (χ4n) is 4.69. The van der Waals surface area contributed by atoms with Crippen molar-refractivity contribution in [1.82, 2.24) is 24.3 Å². The molecule has 3 aliphatic rings. The Morgan fingerprint density at radius 1 is 1.00 bits per heavy atom. The molecule has 0 radical (unpaired) electrons. The zero-order chi connectivity index (χ0) is 21.7. The molecule has 0 aromatic rings. The second-order valence-electron chi connectivity index (χ2n) is 8.76. The Balaban J connectivity index is 1.41. The molecule has 0 aliphatic carbocycles. The normalized spacial score (nSPS) is 24.3. The number of nitrogens with zero attached hydrogens (tertiary/aromatic N) is 5. The van der Waals surface area contributed by atoms with Gasteiger partial charge in [0.15, 0.2) is 5.96 Å². The molecule has 3 aliphatic heterocycles. The van der Waals surface area contributed by atoms with Crippen LogP contribution in [-0.4, -0.2) is 118 Å². The predicted molar refractivity (Wildman–Crippen MR) is 119 cm³/mol. The van der Waals surface area contributed by atoms with Gasteiger partial charge in [0.1, 0.15) is 0 Å². The number of carbonyl (C=O) groups excluding carboxylic acids is 1. The number of hydrogen-bond acceptors (Lipinski definition) is 5. The third-order valence-electron chi connectivity index (χ3n) is 6.74. The van der Waals surface area contributed by atoms with Crippen LogP contribution >= 0.6 is 0 Å². The minimum absolute atomic E-state index is 0.0553. The van der Waals surface area contributed by atoms with Crippen LogP contribution in [0.25, 0.3) is 0 Å². The van der Waals surface area contributed by atoms with Gasteiger partial charge >= 0.3 is 0 Å². The summed E-state index contributed by atoms with van der Waals surface area (Å²) in [7, 11) is -1.27. The molecule has 1 atom stereocenters. The first-order valence-corrected chi connectivity index (χ1v) is 13.1. The lowest BCUT2D eigenvalue weighted by atomic mass is 9.98. The number of amides is 1. The predicted octanol–water partition coefficient (Wildman–Crippen LogP) is -0.138. The second-order valence-corrected chi connectivity index (χ2v) is 10.7. The Labute approximate surface area is 181 Å². The summed E-state index contributed by atoms with van der Waals surface area (Å²) >= 11 is 0. The van der Waals surface area contributed by atoms with Crippen LogP contribution in [0.2, 0.25) is 0 Å². The lowest BCUT2D eigenvalue weighted by Gasteiger charge is -2.40. The Morgan fingerprint density at radius 3 is 2.13 bits per heavy atom. The summed E-state index contributed by atoms with van der Waals surface area (Å²) in [6.07, 6.45) is 5.29. The summed E-state index contributed by atoms with van der Waals surface area (Å²) in [5.41, 5.74) is 0. The molecule has 30 heavy (non-hydrogen) atoms. The number of nitrogens with one attached hydrogen (secondary N) is 1. The van der Waals surface area contributed by atoms with E-state index < -0.39 is 10.0 Å². The summed E-state index contributed by atoms with van der Waals surface area (Å²) in [6.45, 7) is 9.28. The van der Waals surface area contributed by atoms with E-state index in [-0.39, 0.29) is 11.9 Å². The van der Waals surface area contributed by atoms with E-state index in [1.54, 1.807) is 11.4 Å². The Morgan fingerprint density at radius 2 is 1.60 bits per heavy atom. The minimum Gasteiger partial charge on any atom is -0.356 e. The SMILES string of the molecule is CN=C(NCC1CCN(S(C)(=O)=O)CC1)N1CCN(C(C)C(=O)N2CCCC2)CC1. The Hall–Kier alpha value is -1.39.